The van der Waals surface area contributed by atoms with Gasteiger partial charge in [0.05, 0.1) is 13.7 Å². The smallest absolute Gasteiger partial charge is 0.213 e. The highest BCUT2D eigenvalue weighted by atomic mass is 127. The number of hydrogen-bond donors (Lipinski definition) is 2. The Morgan fingerprint density at radius 2 is 2.36 bits per heavy atom. The van der Waals surface area contributed by atoms with Gasteiger partial charge in [-0.15, -0.1) is 24.0 Å². The second-order valence-corrected chi connectivity index (χ2v) is 6.33. The molecule has 7 heteroatoms. The molecular weight excluding hydrogens is 411 g/mol. The van der Waals surface area contributed by atoms with Crippen LogP contribution in [0.15, 0.2) is 23.3 Å². The molecule has 1 unspecified atom stereocenters. The summed E-state index contributed by atoms with van der Waals surface area (Å²) in [5.41, 5.74) is 1.09. The van der Waals surface area contributed by atoms with Crippen molar-refractivity contribution in [2.45, 2.75) is 31.6 Å². The van der Waals surface area contributed by atoms with Crippen LogP contribution in [0.4, 0.5) is 0 Å². The molecule has 1 atom stereocenters. The molecule has 0 spiro atoms. The number of aliphatic imine (C=N–C) groups is 1. The highest BCUT2D eigenvalue weighted by molar-refractivity contribution is 14.0. The Morgan fingerprint density at radius 1 is 1.50 bits per heavy atom. The van der Waals surface area contributed by atoms with Crippen LogP contribution < -0.4 is 15.4 Å². The number of methoxy groups -OCH3 is 1. The molecule has 1 aromatic heterocycles. The second kappa shape index (κ2) is 10.9. The van der Waals surface area contributed by atoms with Crippen molar-refractivity contribution in [2.75, 3.05) is 26.0 Å². The maximum absolute atomic E-state index is 5.13. The van der Waals surface area contributed by atoms with Gasteiger partial charge in [-0.1, -0.05) is 0 Å². The standard InChI is InChI=1S/C15H24N4OS.HI/c1-3-16-15(19-11-13-5-4-8-21-13)18-10-12-6-7-17-14(9-12)20-2;/h6-7,9,13H,3-5,8,10-11H2,1-2H3,(H2,16,18,19);1H. The normalized spacial score (nSPS) is 17.7. The molecule has 0 aliphatic carbocycles. The van der Waals surface area contributed by atoms with E-state index in [0.29, 0.717) is 12.4 Å². The first-order valence-electron chi connectivity index (χ1n) is 7.44. The summed E-state index contributed by atoms with van der Waals surface area (Å²) in [5.74, 6) is 2.79. The van der Waals surface area contributed by atoms with Crippen molar-refractivity contribution in [3.8, 4) is 5.88 Å². The summed E-state index contributed by atoms with van der Waals surface area (Å²) in [6.45, 7) is 4.54. The van der Waals surface area contributed by atoms with Gasteiger partial charge in [0.15, 0.2) is 5.96 Å². The van der Waals surface area contributed by atoms with Crippen molar-refractivity contribution >= 4 is 41.7 Å². The van der Waals surface area contributed by atoms with Gasteiger partial charge >= 0.3 is 0 Å². The Bertz CT molecular complexity index is 467. The monoisotopic (exact) mass is 436 g/mol. The Kier molecular flexibility index (Phi) is 9.61. The molecule has 124 valence electrons. The third kappa shape index (κ3) is 6.60. The predicted molar refractivity (Wildman–Crippen MR) is 105 cm³/mol. The number of hydrogen-bond acceptors (Lipinski definition) is 4. The first-order valence-corrected chi connectivity index (χ1v) is 8.49. The fraction of sp³-hybridized carbons (Fsp3) is 0.600. The molecule has 0 aromatic carbocycles. The van der Waals surface area contributed by atoms with Gasteiger partial charge in [-0.25, -0.2) is 9.98 Å². The van der Waals surface area contributed by atoms with Crippen LogP contribution in [-0.2, 0) is 6.54 Å². The summed E-state index contributed by atoms with van der Waals surface area (Å²) in [7, 11) is 1.63. The molecule has 0 saturated carbocycles. The summed E-state index contributed by atoms with van der Waals surface area (Å²) in [5, 5.41) is 7.44. The van der Waals surface area contributed by atoms with Crippen LogP contribution in [0.5, 0.6) is 5.88 Å². The van der Waals surface area contributed by atoms with E-state index in [9.17, 15) is 0 Å². The minimum Gasteiger partial charge on any atom is -0.481 e. The average Bonchev–Trinajstić information content (AvgIpc) is 3.03. The lowest BCUT2D eigenvalue weighted by Crippen LogP contribution is -2.40. The van der Waals surface area contributed by atoms with E-state index in [4.69, 9.17) is 4.74 Å². The van der Waals surface area contributed by atoms with Crippen LogP contribution >= 0.6 is 35.7 Å². The van der Waals surface area contributed by atoms with Crippen LogP contribution in [0.2, 0.25) is 0 Å². The number of nitrogens with zero attached hydrogens (tertiary/aromatic N) is 2. The van der Waals surface area contributed by atoms with Gasteiger partial charge < -0.3 is 15.4 Å². The number of nitrogens with one attached hydrogen (secondary N) is 2. The van der Waals surface area contributed by atoms with Gasteiger partial charge in [-0.2, -0.15) is 11.8 Å². The van der Waals surface area contributed by atoms with E-state index >= 15 is 0 Å². The van der Waals surface area contributed by atoms with E-state index in [-0.39, 0.29) is 24.0 Å². The molecule has 1 aliphatic heterocycles. The molecule has 0 amide bonds. The zero-order chi connectivity index (χ0) is 14.9. The van der Waals surface area contributed by atoms with Gasteiger partial charge in [0.1, 0.15) is 0 Å². The van der Waals surface area contributed by atoms with Crippen LogP contribution in [0.3, 0.4) is 0 Å². The van der Waals surface area contributed by atoms with Gasteiger partial charge in [0.25, 0.3) is 0 Å². The van der Waals surface area contributed by atoms with Crippen molar-refractivity contribution in [3.05, 3.63) is 23.9 Å². The lowest BCUT2D eigenvalue weighted by atomic mass is 10.2. The molecule has 22 heavy (non-hydrogen) atoms. The minimum absolute atomic E-state index is 0. The fourth-order valence-electron chi connectivity index (χ4n) is 2.19. The second-order valence-electron chi connectivity index (χ2n) is 4.92. The predicted octanol–water partition coefficient (Wildman–Crippen LogP) is 2.66. The van der Waals surface area contributed by atoms with Crippen LogP contribution in [-0.4, -0.2) is 42.1 Å². The van der Waals surface area contributed by atoms with Gasteiger partial charge in [-0.3, -0.25) is 0 Å². The third-order valence-corrected chi connectivity index (χ3v) is 4.69. The maximum Gasteiger partial charge on any atom is 0.213 e. The zero-order valence-corrected chi connectivity index (χ0v) is 16.3. The minimum atomic E-state index is 0. The van der Waals surface area contributed by atoms with Crippen molar-refractivity contribution in [2.24, 2.45) is 4.99 Å². The molecule has 2 N–H and O–H groups in total. The Labute approximate surface area is 154 Å². The van der Waals surface area contributed by atoms with Gasteiger partial charge in [0, 0.05) is 30.6 Å². The number of pyridine rings is 1. The van der Waals surface area contributed by atoms with E-state index in [1.807, 2.05) is 12.1 Å². The highest BCUT2D eigenvalue weighted by Crippen LogP contribution is 2.25. The van der Waals surface area contributed by atoms with Crippen molar-refractivity contribution in [3.63, 3.8) is 0 Å². The van der Waals surface area contributed by atoms with E-state index in [0.717, 1.165) is 29.9 Å². The molecule has 2 rings (SSSR count). The number of aromatic nitrogens is 1. The molecule has 2 heterocycles. The molecule has 1 saturated heterocycles. The summed E-state index contributed by atoms with van der Waals surface area (Å²) >= 11 is 2.05. The van der Waals surface area contributed by atoms with E-state index in [2.05, 4.69) is 39.3 Å². The highest BCUT2D eigenvalue weighted by Gasteiger charge is 2.15. The molecule has 1 fully saturated rings. The summed E-state index contributed by atoms with van der Waals surface area (Å²) in [4.78, 5) is 8.73. The third-order valence-electron chi connectivity index (χ3n) is 3.29. The van der Waals surface area contributed by atoms with Crippen LogP contribution in [0.1, 0.15) is 25.3 Å². The quantitative estimate of drug-likeness (QED) is 0.408. The topological polar surface area (TPSA) is 58.5 Å². The Hall–Kier alpha value is -0.700. The summed E-state index contributed by atoms with van der Waals surface area (Å²) in [6, 6.07) is 3.88. The number of ether oxygens (including phenoxy) is 1. The Morgan fingerprint density at radius 3 is 3.05 bits per heavy atom. The number of rotatable bonds is 6. The van der Waals surface area contributed by atoms with Gasteiger partial charge in [0.2, 0.25) is 5.88 Å². The average molecular weight is 436 g/mol. The van der Waals surface area contributed by atoms with Crippen molar-refractivity contribution < 1.29 is 4.74 Å². The molecule has 1 aliphatic rings. The lowest BCUT2D eigenvalue weighted by molar-refractivity contribution is 0.397. The Balaban J connectivity index is 0.00000242. The number of guanidine groups is 1. The fourth-order valence-corrected chi connectivity index (χ4v) is 3.39. The van der Waals surface area contributed by atoms with Crippen molar-refractivity contribution in [1.29, 1.82) is 0 Å². The van der Waals surface area contributed by atoms with E-state index in [1.165, 1.54) is 18.6 Å². The number of halogens is 1. The molecule has 0 radical (unpaired) electrons. The lowest BCUT2D eigenvalue weighted by Gasteiger charge is -2.14. The molecule has 1 aromatic rings. The summed E-state index contributed by atoms with van der Waals surface area (Å²) < 4.78 is 5.13. The maximum atomic E-state index is 5.13. The molecule has 0 bridgehead atoms. The van der Waals surface area contributed by atoms with E-state index < -0.39 is 0 Å². The molecule has 5 nitrogen and oxygen atoms in total. The summed E-state index contributed by atoms with van der Waals surface area (Å²) in [6.07, 6.45) is 4.39. The van der Waals surface area contributed by atoms with Crippen molar-refractivity contribution in [1.82, 2.24) is 15.6 Å². The van der Waals surface area contributed by atoms with Crippen LogP contribution in [0, 0.1) is 0 Å². The van der Waals surface area contributed by atoms with E-state index in [1.54, 1.807) is 13.3 Å². The first-order chi connectivity index (χ1) is 10.3. The number of thioether (sulfide) groups is 1. The van der Waals surface area contributed by atoms with Gasteiger partial charge in [-0.05, 0) is 37.1 Å². The zero-order valence-electron chi connectivity index (χ0n) is 13.2. The first kappa shape index (κ1) is 19.3. The molecular formula is C15H25IN4OS. The largest absolute Gasteiger partial charge is 0.481 e. The SMILES string of the molecule is CCNC(=NCc1ccnc(OC)c1)NCC1CCCS1.I. The van der Waals surface area contributed by atoms with Crippen LogP contribution in [0.25, 0.3) is 0 Å².